The molecular weight excluding hydrogens is 370 g/mol. The van der Waals surface area contributed by atoms with E-state index in [0.717, 1.165) is 29.5 Å². The zero-order chi connectivity index (χ0) is 19.3. The molecular formula is C22H23N3O2S. The first-order valence-corrected chi connectivity index (χ1v) is 10.3. The molecule has 0 saturated carbocycles. The highest BCUT2D eigenvalue weighted by Crippen LogP contribution is 2.26. The molecule has 1 aliphatic heterocycles. The molecule has 0 N–H and O–H groups in total. The fourth-order valence-electron chi connectivity index (χ4n) is 3.29. The number of amides is 1. The summed E-state index contributed by atoms with van der Waals surface area (Å²) in [5.74, 6) is 0.701. The van der Waals surface area contributed by atoms with Crippen LogP contribution in [0, 0.1) is 6.92 Å². The second-order valence-corrected chi connectivity index (χ2v) is 7.64. The number of anilines is 1. The van der Waals surface area contributed by atoms with Gasteiger partial charge in [0.05, 0.1) is 5.69 Å². The number of ether oxygens (including phenoxy) is 1. The van der Waals surface area contributed by atoms with E-state index in [1.807, 2.05) is 72.5 Å². The van der Waals surface area contributed by atoms with E-state index < -0.39 is 6.10 Å². The number of rotatable bonds is 5. The first-order valence-electron chi connectivity index (χ1n) is 9.43. The number of hydrogen-bond donors (Lipinski definition) is 0. The van der Waals surface area contributed by atoms with Crippen LogP contribution in [0.4, 0.5) is 5.13 Å². The lowest BCUT2D eigenvalue weighted by atomic mass is 10.1. The maximum atomic E-state index is 13.3. The molecule has 0 unspecified atom stereocenters. The summed E-state index contributed by atoms with van der Waals surface area (Å²) >= 11 is 1.66. The van der Waals surface area contributed by atoms with Gasteiger partial charge in [0, 0.05) is 37.1 Å². The van der Waals surface area contributed by atoms with E-state index in [9.17, 15) is 4.79 Å². The van der Waals surface area contributed by atoms with E-state index in [1.165, 1.54) is 0 Å². The minimum atomic E-state index is -0.641. The molecule has 2 aromatic carbocycles. The van der Waals surface area contributed by atoms with Crippen molar-refractivity contribution >= 4 is 22.4 Å². The summed E-state index contributed by atoms with van der Waals surface area (Å²) in [6.45, 7) is 4.90. The lowest BCUT2D eigenvalue weighted by Crippen LogP contribution is -2.50. The van der Waals surface area contributed by atoms with Crippen molar-refractivity contribution in [2.45, 2.75) is 13.0 Å². The molecule has 1 amide bonds. The molecule has 1 aliphatic rings. The molecule has 5 nitrogen and oxygen atoms in total. The monoisotopic (exact) mass is 393 g/mol. The number of benzene rings is 2. The van der Waals surface area contributed by atoms with Crippen molar-refractivity contribution < 1.29 is 9.53 Å². The van der Waals surface area contributed by atoms with Crippen LogP contribution >= 0.6 is 11.3 Å². The second-order valence-electron chi connectivity index (χ2n) is 6.81. The minimum absolute atomic E-state index is 0.00465. The fourth-order valence-corrected chi connectivity index (χ4v) is 4.15. The Morgan fingerprint density at radius 2 is 1.64 bits per heavy atom. The number of aromatic nitrogens is 1. The van der Waals surface area contributed by atoms with Crippen LogP contribution in [-0.4, -0.2) is 42.0 Å². The van der Waals surface area contributed by atoms with Crippen LogP contribution in [0.5, 0.6) is 5.75 Å². The summed E-state index contributed by atoms with van der Waals surface area (Å²) in [4.78, 5) is 22.0. The van der Waals surface area contributed by atoms with Gasteiger partial charge in [-0.1, -0.05) is 48.5 Å². The number of carbonyl (C=O) groups excluding carboxylic acids is 1. The van der Waals surface area contributed by atoms with Gasteiger partial charge < -0.3 is 14.5 Å². The van der Waals surface area contributed by atoms with Crippen molar-refractivity contribution in [2.75, 3.05) is 31.1 Å². The van der Waals surface area contributed by atoms with Crippen molar-refractivity contribution in [3.63, 3.8) is 0 Å². The SMILES string of the molecule is Cc1csc(N2CCN(C(=O)[C@H](Oc3ccccc3)c3ccccc3)CC2)n1. The molecule has 144 valence electrons. The lowest BCUT2D eigenvalue weighted by Gasteiger charge is -2.36. The van der Waals surface area contributed by atoms with Gasteiger partial charge in [-0.3, -0.25) is 4.79 Å². The number of para-hydroxylation sites is 1. The van der Waals surface area contributed by atoms with Gasteiger partial charge in [0.1, 0.15) is 5.75 Å². The number of carbonyl (C=O) groups is 1. The van der Waals surface area contributed by atoms with E-state index in [4.69, 9.17) is 4.74 Å². The fraction of sp³-hybridized carbons (Fsp3) is 0.273. The summed E-state index contributed by atoms with van der Waals surface area (Å²) in [6.07, 6.45) is -0.641. The zero-order valence-corrected chi connectivity index (χ0v) is 16.6. The third-order valence-corrected chi connectivity index (χ3v) is 5.81. The Labute approximate surface area is 169 Å². The standard InChI is InChI=1S/C22H23N3O2S/c1-17-16-28-22(23-17)25-14-12-24(13-15-25)21(26)20(18-8-4-2-5-9-18)27-19-10-6-3-7-11-19/h2-11,16,20H,12-15H2,1H3/t20-/m1/s1. The normalized spacial score (nSPS) is 15.3. The highest BCUT2D eigenvalue weighted by molar-refractivity contribution is 7.13. The molecule has 6 heteroatoms. The summed E-state index contributed by atoms with van der Waals surface area (Å²) in [6, 6.07) is 19.2. The molecule has 1 saturated heterocycles. The molecule has 1 fully saturated rings. The number of piperazine rings is 1. The highest BCUT2D eigenvalue weighted by Gasteiger charge is 2.30. The van der Waals surface area contributed by atoms with Crippen LogP contribution in [0.15, 0.2) is 66.0 Å². The smallest absolute Gasteiger partial charge is 0.268 e. The van der Waals surface area contributed by atoms with Crippen molar-refractivity contribution in [1.82, 2.24) is 9.88 Å². The van der Waals surface area contributed by atoms with Crippen molar-refractivity contribution in [3.05, 3.63) is 77.3 Å². The molecule has 3 aromatic rings. The van der Waals surface area contributed by atoms with Gasteiger partial charge in [-0.2, -0.15) is 0 Å². The van der Waals surface area contributed by atoms with Gasteiger partial charge in [-0.25, -0.2) is 4.98 Å². The number of hydrogen-bond acceptors (Lipinski definition) is 5. The van der Waals surface area contributed by atoms with Gasteiger partial charge in [0.15, 0.2) is 5.13 Å². The van der Waals surface area contributed by atoms with Crippen LogP contribution in [0.1, 0.15) is 17.4 Å². The van der Waals surface area contributed by atoms with E-state index in [2.05, 4.69) is 15.3 Å². The molecule has 0 aliphatic carbocycles. The van der Waals surface area contributed by atoms with Crippen LogP contribution in [0.25, 0.3) is 0 Å². The minimum Gasteiger partial charge on any atom is -0.476 e. The average molecular weight is 394 g/mol. The Morgan fingerprint density at radius 3 is 2.25 bits per heavy atom. The van der Waals surface area contributed by atoms with E-state index in [-0.39, 0.29) is 5.91 Å². The predicted octanol–water partition coefficient (Wildman–Crippen LogP) is 3.92. The van der Waals surface area contributed by atoms with Crippen molar-refractivity contribution in [3.8, 4) is 5.75 Å². The molecule has 1 aromatic heterocycles. The first-order chi connectivity index (χ1) is 13.7. The maximum absolute atomic E-state index is 13.3. The number of thiazole rings is 1. The largest absolute Gasteiger partial charge is 0.476 e. The van der Waals surface area contributed by atoms with E-state index in [1.54, 1.807) is 11.3 Å². The third kappa shape index (κ3) is 4.17. The molecule has 28 heavy (non-hydrogen) atoms. The predicted molar refractivity (Wildman–Crippen MR) is 112 cm³/mol. The topological polar surface area (TPSA) is 45.7 Å². The molecule has 1 atom stereocenters. The van der Waals surface area contributed by atoms with Crippen LogP contribution < -0.4 is 9.64 Å². The Hall–Kier alpha value is -2.86. The highest BCUT2D eigenvalue weighted by atomic mass is 32.1. The Morgan fingerprint density at radius 1 is 1.00 bits per heavy atom. The van der Waals surface area contributed by atoms with Gasteiger partial charge in [0.2, 0.25) is 6.10 Å². The molecule has 4 rings (SSSR count). The first kappa shape index (κ1) is 18.5. The van der Waals surface area contributed by atoms with Gasteiger partial charge in [0.25, 0.3) is 5.91 Å². The lowest BCUT2D eigenvalue weighted by molar-refractivity contribution is -0.139. The summed E-state index contributed by atoms with van der Waals surface area (Å²) in [7, 11) is 0. The van der Waals surface area contributed by atoms with Gasteiger partial charge in [-0.15, -0.1) is 11.3 Å². The summed E-state index contributed by atoms with van der Waals surface area (Å²) in [5, 5.41) is 3.09. The Kier molecular flexibility index (Phi) is 5.58. The molecule has 2 heterocycles. The van der Waals surface area contributed by atoms with Crippen molar-refractivity contribution in [1.29, 1.82) is 0 Å². The molecule has 0 spiro atoms. The maximum Gasteiger partial charge on any atom is 0.268 e. The van der Waals surface area contributed by atoms with E-state index >= 15 is 0 Å². The van der Waals surface area contributed by atoms with Crippen LogP contribution in [0.3, 0.4) is 0 Å². The molecule has 0 bridgehead atoms. The second kappa shape index (κ2) is 8.44. The summed E-state index contributed by atoms with van der Waals surface area (Å²) < 4.78 is 6.12. The zero-order valence-electron chi connectivity index (χ0n) is 15.8. The number of aryl methyl sites for hydroxylation is 1. The third-order valence-electron chi connectivity index (χ3n) is 4.79. The Bertz CT molecular complexity index is 906. The van der Waals surface area contributed by atoms with Gasteiger partial charge >= 0.3 is 0 Å². The quantitative estimate of drug-likeness (QED) is 0.659. The average Bonchev–Trinajstić information content (AvgIpc) is 3.19. The van der Waals surface area contributed by atoms with Crippen LogP contribution in [0.2, 0.25) is 0 Å². The van der Waals surface area contributed by atoms with Gasteiger partial charge in [-0.05, 0) is 19.1 Å². The van der Waals surface area contributed by atoms with Crippen LogP contribution in [-0.2, 0) is 4.79 Å². The summed E-state index contributed by atoms with van der Waals surface area (Å²) in [5.41, 5.74) is 1.91. The van der Waals surface area contributed by atoms with Crippen molar-refractivity contribution in [2.24, 2.45) is 0 Å². The van der Waals surface area contributed by atoms with E-state index in [0.29, 0.717) is 18.8 Å². The number of nitrogens with zero attached hydrogens (tertiary/aromatic N) is 3. The Balaban J connectivity index is 1.48. The molecule has 0 radical (unpaired) electrons.